The van der Waals surface area contributed by atoms with E-state index in [0.717, 1.165) is 31.3 Å². The average Bonchev–Trinajstić information content (AvgIpc) is 2.45. The van der Waals surface area contributed by atoms with Gasteiger partial charge in [0.25, 0.3) is 0 Å². The van der Waals surface area contributed by atoms with Crippen LogP contribution in [-0.4, -0.2) is 19.2 Å². The predicted octanol–water partition coefficient (Wildman–Crippen LogP) is 5.39. The Morgan fingerprint density at radius 3 is 2.14 bits per heavy atom. The van der Waals surface area contributed by atoms with Crippen molar-refractivity contribution in [2.24, 2.45) is 0 Å². The van der Waals surface area contributed by atoms with E-state index in [1.54, 1.807) is 6.26 Å². The number of carbonyl (C=O) groups excluding carboxylic acids is 1. The Bertz CT molecular complexity index is 268. The molecule has 0 aromatic heterocycles. The number of rotatable bonds is 14. The highest BCUT2D eigenvalue weighted by molar-refractivity contribution is 5.69. The van der Waals surface area contributed by atoms with Crippen LogP contribution in [0.25, 0.3) is 0 Å². The first-order valence-electron chi connectivity index (χ1n) is 8.57. The molecule has 0 aliphatic rings. The number of ether oxygens (including phenoxy) is 2. The van der Waals surface area contributed by atoms with Gasteiger partial charge in [-0.3, -0.25) is 4.79 Å². The molecule has 0 fully saturated rings. The number of hydrogen-bond donors (Lipinski definition) is 0. The first-order chi connectivity index (χ1) is 10.2. The van der Waals surface area contributed by atoms with Crippen molar-refractivity contribution in [1.29, 1.82) is 0 Å². The first kappa shape index (κ1) is 20.0. The van der Waals surface area contributed by atoms with Gasteiger partial charge in [-0.05, 0) is 38.7 Å². The molecule has 0 radical (unpaired) electrons. The van der Waals surface area contributed by atoms with Crippen molar-refractivity contribution >= 4 is 5.97 Å². The van der Waals surface area contributed by atoms with E-state index in [4.69, 9.17) is 9.47 Å². The quantitative estimate of drug-likeness (QED) is 0.245. The fourth-order valence-electron chi connectivity index (χ4n) is 2.00. The summed E-state index contributed by atoms with van der Waals surface area (Å²) in [6, 6.07) is 0. The van der Waals surface area contributed by atoms with E-state index in [9.17, 15) is 4.79 Å². The highest BCUT2D eigenvalue weighted by Gasteiger charge is 2.02. The zero-order valence-corrected chi connectivity index (χ0v) is 14.3. The van der Waals surface area contributed by atoms with Gasteiger partial charge in [0.15, 0.2) is 0 Å². The SMILES string of the molecule is CCCCCCCCCC(=O)OCCCCOC=C(C)C. The lowest BCUT2D eigenvalue weighted by atomic mass is 10.1. The van der Waals surface area contributed by atoms with Crippen LogP contribution in [0.5, 0.6) is 0 Å². The third kappa shape index (κ3) is 17.0. The van der Waals surface area contributed by atoms with Crippen LogP contribution in [0.1, 0.15) is 85.0 Å². The number of allylic oxidation sites excluding steroid dienone is 1. The largest absolute Gasteiger partial charge is 0.501 e. The lowest BCUT2D eigenvalue weighted by Gasteiger charge is -2.05. The molecule has 0 aliphatic heterocycles. The molecular weight excluding hydrogens is 264 g/mol. The van der Waals surface area contributed by atoms with Gasteiger partial charge in [-0.2, -0.15) is 0 Å². The molecule has 0 bridgehead atoms. The molecule has 0 N–H and O–H groups in total. The van der Waals surface area contributed by atoms with Crippen LogP contribution in [0.2, 0.25) is 0 Å². The Hall–Kier alpha value is -0.990. The van der Waals surface area contributed by atoms with E-state index < -0.39 is 0 Å². The molecule has 0 unspecified atom stereocenters. The summed E-state index contributed by atoms with van der Waals surface area (Å²) in [6.45, 7) is 7.45. The Morgan fingerprint density at radius 1 is 0.857 bits per heavy atom. The third-order valence-electron chi connectivity index (χ3n) is 3.22. The van der Waals surface area contributed by atoms with Crippen molar-refractivity contribution in [1.82, 2.24) is 0 Å². The summed E-state index contributed by atoms with van der Waals surface area (Å²) in [4.78, 5) is 11.5. The fourth-order valence-corrected chi connectivity index (χ4v) is 2.00. The van der Waals surface area contributed by atoms with E-state index in [2.05, 4.69) is 6.92 Å². The first-order valence-corrected chi connectivity index (χ1v) is 8.57. The van der Waals surface area contributed by atoms with Crippen LogP contribution in [-0.2, 0) is 14.3 Å². The molecule has 0 saturated carbocycles. The van der Waals surface area contributed by atoms with Gasteiger partial charge < -0.3 is 9.47 Å². The molecule has 0 aliphatic carbocycles. The predicted molar refractivity (Wildman–Crippen MR) is 88.2 cm³/mol. The van der Waals surface area contributed by atoms with Crippen LogP contribution in [0.3, 0.4) is 0 Å². The summed E-state index contributed by atoms with van der Waals surface area (Å²) < 4.78 is 10.5. The van der Waals surface area contributed by atoms with Gasteiger partial charge in [0, 0.05) is 6.42 Å². The summed E-state index contributed by atoms with van der Waals surface area (Å²) in [7, 11) is 0. The summed E-state index contributed by atoms with van der Waals surface area (Å²) in [5.74, 6) is -0.0474. The number of esters is 1. The topological polar surface area (TPSA) is 35.5 Å². The number of hydrogen-bond acceptors (Lipinski definition) is 3. The van der Waals surface area contributed by atoms with E-state index in [1.807, 2.05) is 13.8 Å². The van der Waals surface area contributed by atoms with Crippen molar-refractivity contribution in [3.63, 3.8) is 0 Å². The van der Waals surface area contributed by atoms with Crippen LogP contribution < -0.4 is 0 Å². The molecular formula is C18H34O3. The van der Waals surface area contributed by atoms with Crippen molar-refractivity contribution in [3.8, 4) is 0 Å². The maximum Gasteiger partial charge on any atom is 0.305 e. The van der Waals surface area contributed by atoms with Crippen LogP contribution in [0, 0.1) is 0 Å². The Balaban J connectivity index is 3.22. The van der Waals surface area contributed by atoms with Crippen LogP contribution in [0.4, 0.5) is 0 Å². The second-order valence-corrected chi connectivity index (χ2v) is 5.86. The Morgan fingerprint density at radius 2 is 1.48 bits per heavy atom. The zero-order valence-electron chi connectivity index (χ0n) is 14.3. The lowest BCUT2D eigenvalue weighted by Crippen LogP contribution is -2.06. The molecule has 0 atom stereocenters. The molecule has 3 heteroatoms. The zero-order chi connectivity index (χ0) is 15.8. The molecule has 0 aromatic carbocycles. The molecule has 0 heterocycles. The number of unbranched alkanes of at least 4 members (excludes halogenated alkanes) is 7. The highest BCUT2D eigenvalue weighted by Crippen LogP contribution is 2.09. The summed E-state index contributed by atoms with van der Waals surface area (Å²) >= 11 is 0. The molecule has 0 aromatic rings. The molecule has 0 saturated heterocycles. The maximum atomic E-state index is 11.5. The fraction of sp³-hybridized carbons (Fsp3) is 0.833. The van der Waals surface area contributed by atoms with Gasteiger partial charge >= 0.3 is 5.97 Å². The highest BCUT2D eigenvalue weighted by atomic mass is 16.5. The normalized spacial score (nSPS) is 10.2. The maximum absolute atomic E-state index is 11.5. The molecule has 0 amide bonds. The van der Waals surface area contributed by atoms with Crippen molar-refractivity contribution in [2.45, 2.75) is 85.0 Å². The van der Waals surface area contributed by atoms with Gasteiger partial charge in [-0.15, -0.1) is 0 Å². The van der Waals surface area contributed by atoms with Gasteiger partial charge in [0.1, 0.15) is 0 Å². The Labute approximate surface area is 131 Å². The van der Waals surface area contributed by atoms with E-state index >= 15 is 0 Å². The van der Waals surface area contributed by atoms with Gasteiger partial charge in [-0.1, -0.05) is 45.4 Å². The van der Waals surface area contributed by atoms with Crippen molar-refractivity contribution < 1.29 is 14.3 Å². The van der Waals surface area contributed by atoms with E-state index in [0.29, 0.717) is 19.6 Å². The van der Waals surface area contributed by atoms with Crippen molar-refractivity contribution in [2.75, 3.05) is 13.2 Å². The standard InChI is InChI=1S/C18H34O3/c1-4-5-6-7-8-9-10-13-18(19)21-15-12-11-14-20-16-17(2)3/h16H,4-15H2,1-3H3. The monoisotopic (exact) mass is 298 g/mol. The van der Waals surface area contributed by atoms with Gasteiger partial charge in [-0.25, -0.2) is 0 Å². The molecule has 21 heavy (non-hydrogen) atoms. The molecule has 3 nitrogen and oxygen atoms in total. The second kappa shape index (κ2) is 15.4. The van der Waals surface area contributed by atoms with Gasteiger partial charge in [0.2, 0.25) is 0 Å². The second-order valence-electron chi connectivity index (χ2n) is 5.86. The van der Waals surface area contributed by atoms with Crippen molar-refractivity contribution in [3.05, 3.63) is 11.8 Å². The van der Waals surface area contributed by atoms with Gasteiger partial charge in [0.05, 0.1) is 19.5 Å². The van der Waals surface area contributed by atoms with Crippen LogP contribution in [0.15, 0.2) is 11.8 Å². The minimum atomic E-state index is -0.0474. The van der Waals surface area contributed by atoms with Crippen LogP contribution >= 0.6 is 0 Å². The minimum Gasteiger partial charge on any atom is -0.501 e. The summed E-state index contributed by atoms with van der Waals surface area (Å²) in [5, 5.41) is 0. The summed E-state index contributed by atoms with van der Waals surface area (Å²) in [6.07, 6.45) is 12.7. The van der Waals surface area contributed by atoms with E-state index in [1.165, 1.54) is 32.1 Å². The van der Waals surface area contributed by atoms with E-state index in [-0.39, 0.29) is 5.97 Å². The average molecular weight is 298 g/mol. The lowest BCUT2D eigenvalue weighted by molar-refractivity contribution is -0.143. The molecule has 0 spiro atoms. The third-order valence-corrected chi connectivity index (χ3v) is 3.22. The molecule has 0 rings (SSSR count). The summed E-state index contributed by atoms with van der Waals surface area (Å²) in [5.41, 5.74) is 1.16. The molecule has 124 valence electrons. The Kier molecular flexibility index (Phi) is 14.7. The minimum absolute atomic E-state index is 0.0474. The number of carbonyl (C=O) groups is 1. The smallest absolute Gasteiger partial charge is 0.305 e.